The number of piperazine rings is 1. The Labute approximate surface area is 168 Å². The van der Waals surface area contributed by atoms with E-state index in [0.29, 0.717) is 0 Å². The Morgan fingerprint density at radius 2 is 1.89 bits per heavy atom. The molecule has 0 atom stereocenters. The van der Waals surface area contributed by atoms with Crippen molar-refractivity contribution in [1.82, 2.24) is 15.0 Å². The maximum Gasteiger partial charge on any atom is 0.163 e. The van der Waals surface area contributed by atoms with Crippen LogP contribution in [0.5, 0.6) is 0 Å². The van der Waals surface area contributed by atoms with Gasteiger partial charge >= 0.3 is 0 Å². The molecule has 28 heavy (non-hydrogen) atoms. The number of nitrogens with zero attached hydrogens (tertiary/aromatic N) is 4. The number of hydrogen-bond acceptors (Lipinski definition) is 5. The van der Waals surface area contributed by atoms with Crippen molar-refractivity contribution in [1.29, 1.82) is 0 Å². The lowest BCUT2D eigenvalue weighted by Crippen LogP contribution is -3.13. The zero-order valence-electron chi connectivity index (χ0n) is 15.6. The van der Waals surface area contributed by atoms with Crippen LogP contribution >= 0.6 is 11.3 Å². The summed E-state index contributed by atoms with van der Waals surface area (Å²) in [7, 11) is 0. The van der Waals surface area contributed by atoms with E-state index in [-0.39, 0.29) is 0 Å². The van der Waals surface area contributed by atoms with Crippen LogP contribution in [0.2, 0.25) is 0 Å². The van der Waals surface area contributed by atoms with E-state index in [2.05, 4.69) is 44.9 Å². The van der Waals surface area contributed by atoms with E-state index in [9.17, 15) is 0 Å². The Hall–Kier alpha value is -2.83. The molecular weight excluding hydrogens is 366 g/mol. The smallest absolute Gasteiger partial charge is 0.163 e. The maximum atomic E-state index is 4.96. The van der Waals surface area contributed by atoms with Crippen LogP contribution in [-0.4, -0.2) is 41.1 Å². The molecule has 5 rings (SSSR count). The summed E-state index contributed by atoms with van der Waals surface area (Å²) in [5, 5.41) is 5.55. The molecule has 1 saturated heterocycles. The minimum absolute atomic E-state index is 0.745. The maximum absolute atomic E-state index is 4.96. The van der Waals surface area contributed by atoms with Crippen molar-refractivity contribution in [2.45, 2.75) is 6.54 Å². The summed E-state index contributed by atoms with van der Waals surface area (Å²) in [6.45, 7) is 5.37. The predicted octanol–water partition coefficient (Wildman–Crippen LogP) is 2.66. The molecule has 6 heteroatoms. The highest BCUT2D eigenvalue weighted by atomic mass is 32.1. The molecule has 1 N–H and O–H groups in total. The molecule has 1 aliphatic rings. The first-order chi connectivity index (χ1) is 13.9. The van der Waals surface area contributed by atoms with Crippen molar-refractivity contribution >= 4 is 28.1 Å². The summed E-state index contributed by atoms with van der Waals surface area (Å²) in [6, 6.07) is 14.5. The summed E-state index contributed by atoms with van der Waals surface area (Å²) in [5.41, 5.74) is 3.38. The third-order valence-electron chi connectivity index (χ3n) is 5.31. The van der Waals surface area contributed by atoms with Gasteiger partial charge in [-0.15, -0.1) is 0 Å². The molecule has 1 aromatic carbocycles. The fraction of sp³-hybridized carbons (Fsp3) is 0.227. The highest BCUT2D eigenvalue weighted by molar-refractivity contribution is 7.07. The molecule has 140 valence electrons. The quantitative estimate of drug-likeness (QED) is 0.584. The zero-order valence-corrected chi connectivity index (χ0v) is 16.4. The van der Waals surface area contributed by atoms with Gasteiger partial charge in [0.25, 0.3) is 0 Å². The van der Waals surface area contributed by atoms with Crippen LogP contribution in [0.3, 0.4) is 0 Å². The SMILES string of the molecule is c1cncc(-c2nc(N3CC[NH+](Cc4ccsc4)CC3)c3ccccc3n2)c1. The number of pyridine rings is 1. The molecular formula is C22H22N5S+. The van der Waals surface area contributed by atoms with E-state index in [0.717, 1.165) is 60.8 Å². The van der Waals surface area contributed by atoms with E-state index in [1.807, 2.05) is 24.4 Å². The van der Waals surface area contributed by atoms with Crippen molar-refractivity contribution in [3.63, 3.8) is 0 Å². The van der Waals surface area contributed by atoms with E-state index in [4.69, 9.17) is 9.97 Å². The zero-order chi connectivity index (χ0) is 18.8. The summed E-state index contributed by atoms with van der Waals surface area (Å²) < 4.78 is 0. The molecule has 0 unspecified atom stereocenters. The second-order valence-electron chi connectivity index (χ2n) is 7.18. The summed E-state index contributed by atoms with van der Waals surface area (Å²) >= 11 is 1.78. The molecule has 0 saturated carbocycles. The summed E-state index contributed by atoms with van der Waals surface area (Å²) in [4.78, 5) is 18.0. The monoisotopic (exact) mass is 388 g/mol. The molecule has 4 heterocycles. The Kier molecular flexibility index (Phi) is 4.72. The summed E-state index contributed by atoms with van der Waals surface area (Å²) in [5.74, 6) is 1.79. The van der Waals surface area contributed by atoms with Gasteiger partial charge < -0.3 is 9.80 Å². The standard InChI is InChI=1S/C22H21N5S/c1-2-6-20-19(5-1)22(25-21(24-20)18-4-3-8-23-14-18)27-11-9-26(10-12-27)15-17-7-13-28-16-17/h1-8,13-14,16H,9-12,15H2/p+1. The molecule has 1 aliphatic heterocycles. The Morgan fingerprint density at radius 3 is 2.68 bits per heavy atom. The van der Waals surface area contributed by atoms with E-state index in [1.54, 1.807) is 22.4 Å². The van der Waals surface area contributed by atoms with Gasteiger partial charge in [-0.25, -0.2) is 9.97 Å². The van der Waals surface area contributed by atoms with Gasteiger partial charge in [0.2, 0.25) is 0 Å². The molecule has 0 radical (unpaired) electrons. The number of quaternary nitrogens is 1. The highest BCUT2D eigenvalue weighted by Crippen LogP contribution is 2.27. The number of para-hydroxylation sites is 1. The fourth-order valence-electron chi connectivity index (χ4n) is 3.82. The Bertz CT molecular complexity index is 1060. The first-order valence-electron chi connectivity index (χ1n) is 9.63. The van der Waals surface area contributed by atoms with Crippen molar-refractivity contribution in [2.24, 2.45) is 0 Å². The third-order valence-corrected chi connectivity index (χ3v) is 6.04. The Balaban J connectivity index is 1.44. The minimum atomic E-state index is 0.745. The van der Waals surface area contributed by atoms with Gasteiger partial charge in [0.1, 0.15) is 12.4 Å². The predicted molar refractivity (Wildman–Crippen MR) is 114 cm³/mol. The number of fused-ring (bicyclic) bond motifs is 1. The van der Waals surface area contributed by atoms with Gasteiger partial charge in [0, 0.05) is 28.9 Å². The second-order valence-corrected chi connectivity index (χ2v) is 7.96. The van der Waals surface area contributed by atoms with E-state index >= 15 is 0 Å². The lowest BCUT2D eigenvalue weighted by molar-refractivity contribution is -0.914. The fourth-order valence-corrected chi connectivity index (χ4v) is 4.49. The third kappa shape index (κ3) is 3.48. The largest absolute Gasteiger partial charge is 0.345 e. The van der Waals surface area contributed by atoms with Gasteiger partial charge in [-0.2, -0.15) is 11.3 Å². The van der Waals surface area contributed by atoms with Crippen molar-refractivity contribution < 1.29 is 4.90 Å². The molecule has 5 nitrogen and oxygen atoms in total. The average Bonchev–Trinajstić information content (AvgIpc) is 3.27. The Morgan fingerprint density at radius 1 is 1.00 bits per heavy atom. The average molecular weight is 389 g/mol. The number of anilines is 1. The molecule has 1 fully saturated rings. The number of rotatable bonds is 4. The first kappa shape index (κ1) is 17.3. The molecule has 0 spiro atoms. The topological polar surface area (TPSA) is 46.4 Å². The van der Waals surface area contributed by atoms with Crippen LogP contribution in [0.4, 0.5) is 5.82 Å². The molecule has 0 bridgehead atoms. The number of thiophene rings is 1. The van der Waals surface area contributed by atoms with Crippen LogP contribution < -0.4 is 9.80 Å². The van der Waals surface area contributed by atoms with Gasteiger partial charge in [-0.1, -0.05) is 12.1 Å². The molecule has 0 amide bonds. The number of aromatic nitrogens is 3. The van der Waals surface area contributed by atoms with Crippen molar-refractivity contribution in [2.75, 3.05) is 31.1 Å². The first-order valence-corrected chi connectivity index (χ1v) is 10.6. The minimum Gasteiger partial charge on any atom is -0.345 e. The lowest BCUT2D eigenvalue weighted by atomic mass is 10.2. The lowest BCUT2D eigenvalue weighted by Gasteiger charge is -2.33. The number of nitrogens with one attached hydrogen (secondary N) is 1. The van der Waals surface area contributed by atoms with Gasteiger partial charge in [-0.05, 0) is 41.1 Å². The van der Waals surface area contributed by atoms with Gasteiger partial charge in [-0.3, -0.25) is 4.98 Å². The highest BCUT2D eigenvalue weighted by Gasteiger charge is 2.23. The van der Waals surface area contributed by atoms with Crippen LogP contribution in [0.15, 0.2) is 65.6 Å². The van der Waals surface area contributed by atoms with Crippen molar-refractivity contribution in [3.05, 3.63) is 71.2 Å². The van der Waals surface area contributed by atoms with Crippen LogP contribution in [-0.2, 0) is 6.54 Å². The number of benzene rings is 1. The normalized spacial score (nSPS) is 15.2. The van der Waals surface area contributed by atoms with Crippen LogP contribution in [0, 0.1) is 0 Å². The van der Waals surface area contributed by atoms with Gasteiger partial charge in [0.05, 0.1) is 31.7 Å². The van der Waals surface area contributed by atoms with Crippen molar-refractivity contribution in [3.8, 4) is 11.4 Å². The van der Waals surface area contributed by atoms with E-state index < -0.39 is 0 Å². The molecule has 4 aromatic rings. The van der Waals surface area contributed by atoms with Crippen LogP contribution in [0.1, 0.15) is 5.56 Å². The van der Waals surface area contributed by atoms with Crippen LogP contribution in [0.25, 0.3) is 22.3 Å². The molecule has 3 aromatic heterocycles. The van der Waals surface area contributed by atoms with E-state index in [1.165, 1.54) is 5.56 Å². The second kappa shape index (κ2) is 7.66. The molecule has 0 aliphatic carbocycles. The summed E-state index contributed by atoms with van der Waals surface area (Å²) in [6.07, 6.45) is 3.61. The van der Waals surface area contributed by atoms with Gasteiger partial charge in [0.15, 0.2) is 5.82 Å². The number of hydrogen-bond donors (Lipinski definition) is 1.